The Labute approximate surface area is 107 Å². The van der Waals surface area contributed by atoms with Crippen LogP contribution in [0.2, 0.25) is 0 Å². The molecule has 0 saturated carbocycles. The van der Waals surface area contributed by atoms with Gasteiger partial charge in [0.1, 0.15) is 0 Å². The molecular weight excluding hydrogens is 228 g/mol. The van der Waals surface area contributed by atoms with Gasteiger partial charge in [-0.3, -0.25) is 9.59 Å². The molecule has 1 heterocycles. The van der Waals surface area contributed by atoms with E-state index in [9.17, 15) is 9.59 Å². The van der Waals surface area contributed by atoms with Crippen molar-refractivity contribution in [2.45, 2.75) is 26.2 Å². The molecule has 1 aliphatic rings. The smallest absolute Gasteiger partial charge is 0.316 e. The molecule has 0 spiro atoms. The van der Waals surface area contributed by atoms with Crippen LogP contribution in [-0.4, -0.2) is 24.9 Å². The van der Waals surface area contributed by atoms with Crippen molar-refractivity contribution in [1.82, 2.24) is 5.32 Å². The molecular formula is C14H18N2O2. The maximum absolute atomic E-state index is 11.9. The lowest BCUT2D eigenvalue weighted by molar-refractivity contribution is -0.138. The predicted molar refractivity (Wildman–Crippen MR) is 70.5 cm³/mol. The minimum Gasteiger partial charge on any atom is -0.346 e. The van der Waals surface area contributed by atoms with E-state index in [1.54, 1.807) is 4.90 Å². The summed E-state index contributed by atoms with van der Waals surface area (Å²) in [6, 6.07) is 7.76. The number of nitrogens with zero attached hydrogens (tertiary/aromatic N) is 1. The second kappa shape index (κ2) is 4.44. The van der Waals surface area contributed by atoms with Crippen LogP contribution in [0.5, 0.6) is 0 Å². The molecule has 0 atom stereocenters. The van der Waals surface area contributed by atoms with Crippen LogP contribution in [0.15, 0.2) is 24.3 Å². The summed E-state index contributed by atoms with van der Waals surface area (Å²) in [5, 5.41) is 2.56. The van der Waals surface area contributed by atoms with Gasteiger partial charge in [-0.2, -0.15) is 0 Å². The first-order valence-corrected chi connectivity index (χ1v) is 6.10. The van der Waals surface area contributed by atoms with Crippen molar-refractivity contribution in [3.8, 4) is 0 Å². The molecule has 0 aromatic heterocycles. The third-order valence-electron chi connectivity index (χ3n) is 3.06. The zero-order valence-electron chi connectivity index (χ0n) is 11.0. The van der Waals surface area contributed by atoms with Gasteiger partial charge in [0.2, 0.25) is 0 Å². The van der Waals surface area contributed by atoms with Crippen LogP contribution in [0, 0.1) is 0 Å². The number of rotatable bonds is 1. The molecule has 96 valence electrons. The van der Waals surface area contributed by atoms with E-state index in [1.807, 2.05) is 24.3 Å². The first-order valence-electron chi connectivity index (χ1n) is 6.10. The van der Waals surface area contributed by atoms with Gasteiger partial charge in [-0.25, -0.2) is 0 Å². The second-order valence-corrected chi connectivity index (χ2v) is 5.48. The van der Waals surface area contributed by atoms with Crippen molar-refractivity contribution >= 4 is 17.5 Å². The topological polar surface area (TPSA) is 49.4 Å². The molecule has 2 rings (SSSR count). The summed E-state index contributed by atoms with van der Waals surface area (Å²) in [5.74, 6) is -0.997. The fourth-order valence-electron chi connectivity index (χ4n) is 2.15. The number of amides is 2. The summed E-state index contributed by atoms with van der Waals surface area (Å²) in [4.78, 5) is 24.9. The third-order valence-corrected chi connectivity index (χ3v) is 3.06. The fourth-order valence-corrected chi connectivity index (χ4v) is 2.15. The fraction of sp³-hybridized carbons (Fsp3) is 0.429. The van der Waals surface area contributed by atoms with Crippen LogP contribution >= 0.6 is 0 Å². The van der Waals surface area contributed by atoms with Gasteiger partial charge in [0, 0.05) is 18.8 Å². The number of benzene rings is 1. The monoisotopic (exact) mass is 246 g/mol. The minimum atomic E-state index is -0.523. The molecule has 4 nitrogen and oxygen atoms in total. The van der Waals surface area contributed by atoms with Crippen molar-refractivity contribution in [1.29, 1.82) is 0 Å². The lowest BCUT2D eigenvalue weighted by Crippen LogP contribution is -2.52. The SMILES string of the molecule is CC(C)(C)c1ccccc1N1CCNC(=O)C1=O. The Morgan fingerprint density at radius 2 is 1.83 bits per heavy atom. The van der Waals surface area contributed by atoms with E-state index in [4.69, 9.17) is 0 Å². The molecule has 0 aliphatic carbocycles. The Morgan fingerprint density at radius 1 is 1.17 bits per heavy atom. The molecule has 0 bridgehead atoms. The van der Waals surface area contributed by atoms with Gasteiger partial charge >= 0.3 is 11.8 Å². The molecule has 1 saturated heterocycles. The van der Waals surface area contributed by atoms with E-state index >= 15 is 0 Å². The molecule has 1 aliphatic heterocycles. The first kappa shape index (κ1) is 12.6. The van der Waals surface area contributed by atoms with Crippen LogP contribution in [0.4, 0.5) is 5.69 Å². The van der Waals surface area contributed by atoms with Crippen LogP contribution in [-0.2, 0) is 15.0 Å². The molecule has 0 radical (unpaired) electrons. The number of carbonyl (C=O) groups excluding carboxylic acids is 2. The van der Waals surface area contributed by atoms with Gasteiger partial charge < -0.3 is 10.2 Å². The average molecular weight is 246 g/mol. The molecule has 1 N–H and O–H groups in total. The lowest BCUT2D eigenvalue weighted by atomic mass is 9.85. The summed E-state index contributed by atoms with van der Waals surface area (Å²) < 4.78 is 0. The predicted octanol–water partition coefficient (Wildman–Crippen LogP) is 1.45. The quantitative estimate of drug-likeness (QED) is 0.762. The van der Waals surface area contributed by atoms with E-state index in [0.717, 1.165) is 11.3 Å². The van der Waals surface area contributed by atoms with Crippen molar-refractivity contribution in [2.75, 3.05) is 18.0 Å². The van der Waals surface area contributed by atoms with Gasteiger partial charge in [-0.1, -0.05) is 39.0 Å². The summed E-state index contributed by atoms with van der Waals surface area (Å²) in [6.07, 6.45) is 0. The van der Waals surface area contributed by atoms with Crippen molar-refractivity contribution in [3.05, 3.63) is 29.8 Å². The highest BCUT2D eigenvalue weighted by atomic mass is 16.2. The minimum absolute atomic E-state index is 0.0647. The van der Waals surface area contributed by atoms with Crippen molar-refractivity contribution in [3.63, 3.8) is 0 Å². The highest BCUT2D eigenvalue weighted by Crippen LogP contribution is 2.32. The maximum Gasteiger partial charge on any atom is 0.316 e. The van der Waals surface area contributed by atoms with Crippen LogP contribution in [0.1, 0.15) is 26.3 Å². The molecule has 1 fully saturated rings. The molecule has 0 unspecified atom stereocenters. The summed E-state index contributed by atoms with van der Waals surface area (Å²) in [7, 11) is 0. The van der Waals surface area contributed by atoms with Crippen LogP contribution in [0.25, 0.3) is 0 Å². The normalized spacial score (nSPS) is 16.7. The van der Waals surface area contributed by atoms with E-state index in [0.29, 0.717) is 13.1 Å². The molecule has 4 heteroatoms. The largest absolute Gasteiger partial charge is 0.346 e. The Bertz CT molecular complexity index is 489. The molecule has 1 aromatic carbocycles. The van der Waals surface area contributed by atoms with E-state index in [1.165, 1.54) is 0 Å². The number of carbonyl (C=O) groups is 2. The molecule has 2 amide bonds. The number of hydrogen-bond donors (Lipinski definition) is 1. The summed E-state index contributed by atoms with van der Waals surface area (Å²) >= 11 is 0. The highest BCUT2D eigenvalue weighted by Gasteiger charge is 2.30. The number of hydrogen-bond acceptors (Lipinski definition) is 2. The van der Waals surface area contributed by atoms with Gasteiger partial charge in [0.25, 0.3) is 0 Å². The van der Waals surface area contributed by atoms with Crippen molar-refractivity contribution in [2.24, 2.45) is 0 Å². The number of anilines is 1. The maximum atomic E-state index is 11.9. The Morgan fingerprint density at radius 3 is 2.50 bits per heavy atom. The van der Waals surface area contributed by atoms with E-state index in [2.05, 4.69) is 26.1 Å². The Hall–Kier alpha value is -1.84. The molecule has 18 heavy (non-hydrogen) atoms. The number of para-hydroxylation sites is 1. The number of nitrogens with one attached hydrogen (secondary N) is 1. The second-order valence-electron chi connectivity index (χ2n) is 5.48. The van der Waals surface area contributed by atoms with Gasteiger partial charge in [-0.15, -0.1) is 0 Å². The average Bonchev–Trinajstić information content (AvgIpc) is 2.32. The zero-order chi connectivity index (χ0) is 13.3. The van der Waals surface area contributed by atoms with Crippen molar-refractivity contribution < 1.29 is 9.59 Å². The summed E-state index contributed by atoms with van der Waals surface area (Å²) in [6.45, 7) is 7.32. The van der Waals surface area contributed by atoms with E-state index < -0.39 is 11.8 Å². The van der Waals surface area contributed by atoms with Gasteiger partial charge in [-0.05, 0) is 17.0 Å². The van der Waals surface area contributed by atoms with Crippen LogP contribution in [0.3, 0.4) is 0 Å². The standard InChI is InChI=1S/C14H18N2O2/c1-14(2,3)10-6-4-5-7-11(10)16-9-8-15-12(17)13(16)18/h4-7H,8-9H2,1-3H3,(H,15,17). The third kappa shape index (κ3) is 2.23. The number of piperazine rings is 1. The lowest BCUT2D eigenvalue weighted by Gasteiger charge is -2.32. The van der Waals surface area contributed by atoms with Crippen LogP contribution < -0.4 is 10.2 Å². The summed E-state index contributed by atoms with van der Waals surface area (Å²) in [5.41, 5.74) is 1.85. The highest BCUT2D eigenvalue weighted by molar-refractivity contribution is 6.41. The first-order chi connectivity index (χ1) is 8.41. The van der Waals surface area contributed by atoms with E-state index in [-0.39, 0.29) is 5.41 Å². The zero-order valence-corrected chi connectivity index (χ0v) is 11.0. The molecule has 1 aromatic rings. The Balaban J connectivity index is 2.45. The van der Waals surface area contributed by atoms with Gasteiger partial charge in [0.15, 0.2) is 0 Å². The van der Waals surface area contributed by atoms with Gasteiger partial charge in [0.05, 0.1) is 0 Å². The Kier molecular flexibility index (Phi) is 3.11.